The minimum Gasteiger partial charge on any atom is -0.485 e. The van der Waals surface area contributed by atoms with E-state index in [1.54, 1.807) is 0 Å². The molecule has 4 aromatic rings. The van der Waals surface area contributed by atoms with Gasteiger partial charge in [0.1, 0.15) is 18.2 Å². The highest BCUT2D eigenvalue weighted by atomic mass is 19.2. The van der Waals surface area contributed by atoms with Gasteiger partial charge in [-0.1, -0.05) is 12.1 Å². The van der Waals surface area contributed by atoms with E-state index in [9.17, 15) is 22.4 Å². The van der Waals surface area contributed by atoms with Crippen LogP contribution >= 0.6 is 0 Å². The van der Waals surface area contributed by atoms with Gasteiger partial charge in [0, 0.05) is 11.8 Å². The molecule has 0 aliphatic heterocycles. The van der Waals surface area contributed by atoms with Crippen molar-refractivity contribution in [2.45, 2.75) is 6.61 Å². The molecule has 0 aliphatic rings. The van der Waals surface area contributed by atoms with Crippen molar-refractivity contribution in [2.24, 2.45) is 0 Å². The number of nitrogens with zero attached hydrogens (tertiary/aromatic N) is 2. The van der Waals surface area contributed by atoms with E-state index in [2.05, 4.69) is 10.4 Å². The summed E-state index contributed by atoms with van der Waals surface area (Å²) in [5.74, 6) is -3.65. The number of hydrogen-bond donors (Lipinski definition) is 1. The molecule has 0 fully saturated rings. The molecular weight excluding hydrogens is 426 g/mol. The summed E-state index contributed by atoms with van der Waals surface area (Å²) in [6.07, 6.45) is 1.43. The third-order valence-electron chi connectivity index (χ3n) is 4.47. The van der Waals surface area contributed by atoms with E-state index in [1.165, 1.54) is 65.5 Å². The fourth-order valence-electron chi connectivity index (χ4n) is 2.85. The molecule has 1 heterocycles. The molecule has 1 N–H and O–H groups in total. The third-order valence-corrected chi connectivity index (χ3v) is 4.47. The normalized spacial score (nSPS) is 10.8. The highest BCUT2D eigenvalue weighted by Crippen LogP contribution is 2.23. The fourth-order valence-corrected chi connectivity index (χ4v) is 2.85. The van der Waals surface area contributed by atoms with Crippen molar-refractivity contribution in [2.75, 3.05) is 5.32 Å². The van der Waals surface area contributed by atoms with Crippen LogP contribution in [0.25, 0.3) is 5.69 Å². The molecule has 0 bridgehead atoms. The number of hydrogen-bond acceptors (Lipinski definition) is 3. The molecule has 0 saturated carbocycles. The average molecular weight is 441 g/mol. The number of benzene rings is 3. The predicted molar refractivity (Wildman–Crippen MR) is 109 cm³/mol. The van der Waals surface area contributed by atoms with Gasteiger partial charge in [0.2, 0.25) is 0 Å². The van der Waals surface area contributed by atoms with Gasteiger partial charge in [0.15, 0.2) is 23.1 Å². The summed E-state index contributed by atoms with van der Waals surface area (Å²) in [7, 11) is 0. The summed E-state index contributed by atoms with van der Waals surface area (Å²) >= 11 is 0. The molecule has 32 heavy (non-hydrogen) atoms. The molecule has 4 rings (SSSR count). The predicted octanol–water partition coefficient (Wildman–Crippen LogP) is 5.26. The Morgan fingerprint density at radius 2 is 1.53 bits per heavy atom. The zero-order valence-corrected chi connectivity index (χ0v) is 16.4. The number of anilines is 1. The first-order chi connectivity index (χ1) is 15.4. The average Bonchev–Trinajstić information content (AvgIpc) is 3.21. The number of rotatable bonds is 6. The van der Waals surface area contributed by atoms with Gasteiger partial charge in [-0.2, -0.15) is 5.10 Å². The molecule has 0 atom stereocenters. The van der Waals surface area contributed by atoms with Crippen LogP contribution in [0.15, 0.2) is 72.9 Å². The van der Waals surface area contributed by atoms with E-state index in [-0.39, 0.29) is 23.7 Å². The van der Waals surface area contributed by atoms with Gasteiger partial charge in [0.05, 0.1) is 11.9 Å². The van der Waals surface area contributed by atoms with Crippen LogP contribution in [0.4, 0.5) is 23.2 Å². The van der Waals surface area contributed by atoms with E-state index in [0.717, 1.165) is 12.1 Å². The van der Waals surface area contributed by atoms with E-state index >= 15 is 0 Å². The van der Waals surface area contributed by atoms with Crippen molar-refractivity contribution < 1.29 is 27.1 Å². The Hall–Kier alpha value is -4.14. The van der Waals surface area contributed by atoms with Crippen LogP contribution in [0.1, 0.15) is 16.1 Å². The van der Waals surface area contributed by atoms with Crippen molar-refractivity contribution in [1.82, 2.24) is 9.78 Å². The summed E-state index contributed by atoms with van der Waals surface area (Å²) in [5, 5.41) is 6.64. The van der Waals surface area contributed by atoms with Crippen molar-refractivity contribution in [3.05, 3.63) is 107 Å². The number of amides is 1. The lowest BCUT2D eigenvalue weighted by Gasteiger charge is -2.07. The molecule has 0 radical (unpaired) electrons. The number of ether oxygens (including phenoxy) is 1. The molecule has 3 aromatic carbocycles. The van der Waals surface area contributed by atoms with Gasteiger partial charge in [-0.25, -0.2) is 22.2 Å². The van der Waals surface area contributed by atoms with Gasteiger partial charge in [-0.15, -0.1) is 0 Å². The highest BCUT2D eigenvalue weighted by molar-refractivity contribution is 6.04. The minimum absolute atomic E-state index is 0.0147. The van der Waals surface area contributed by atoms with E-state index in [0.29, 0.717) is 11.3 Å². The molecule has 1 amide bonds. The fraction of sp³-hybridized carbons (Fsp3) is 0.0435. The number of aromatic nitrogens is 2. The first-order valence-electron chi connectivity index (χ1n) is 9.38. The van der Waals surface area contributed by atoms with Gasteiger partial charge in [-0.05, 0) is 54.1 Å². The molecule has 0 spiro atoms. The number of nitrogens with one attached hydrogen (secondary N) is 1. The van der Waals surface area contributed by atoms with Gasteiger partial charge < -0.3 is 10.1 Å². The van der Waals surface area contributed by atoms with Gasteiger partial charge >= 0.3 is 0 Å². The molecule has 9 heteroatoms. The van der Waals surface area contributed by atoms with Crippen molar-refractivity contribution in [1.29, 1.82) is 0 Å². The van der Waals surface area contributed by atoms with Crippen molar-refractivity contribution in [3.63, 3.8) is 0 Å². The molecular formula is C23H15F4N3O2. The monoisotopic (exact) mass is 441 g/mol. The molecule has 5 nitrogen and oxygen atoms in total. The van der Waals surface area contributed by atoms with Gasteiger partial charge in [0.25, 0.3) is 5.91 Å². The Morgan fingerprint density at radius 1 is 0.875 bits per heavy atom. The third kappa shape index (κ3) is 4.77. The van der Waals surface area contributed by atoms with E-state index in [1.807, 2.05) is 0 Å². The number of halogens is 4. The Morgan fingerprint density at radius 3 is 2.19 bits per heavy atom. The molecule has 1 aromatic heterocycles. The summed E-state index contributed by atoms with van der Waals surface area (Å²) in [4.78, 5) is 12.8. The SMILES string of the molecule is O=C(Nc1ccc(F)c(F)c1)c1nn(-c2ccc(F)cc2)cc1OCc1ccc(F)cc1. The maximum Gasteiger partial charge on any atom is 0.280 e. The largest absolute Gasteiger partial charge is 0.485 e. The quantitative estimate of drug-likeness (QED) is 0.416. The van der Waals surface area contributed by atoms with E-state index in [4.69, 9.17) is 4.74 Å². The molecule has 0 aliphatic carbocycles. The van der Waals surface area contributed by atoms with Crippen molar-refractivity contribution >= 4 is 11.6 Å². The highest BCUT2D eigenvalue weighted by Gasteiger charge is 2.20. The van der Waals surface area contributed by atoms with Crippen LogP contribution < -0.4 is 10.1 Å². The summed E-state index contributed by atoms with van der Waals surface area (Å²) in [6.45, 7) is 0.0147. The van der Waals surface area contributed by atoms with Crippen LogP contribution in [0, 0.1) is 23.3 Å². The maximum atomic E-state index is 13.5. The number of carbonyl (C=O) groups excluding carboxylic acids is 1. The minimum atomic E-state index is -1.12. The second-order valence-electron chi connectivity index (χ2n) is 6.76. The maximum absolute atomic E-state index is 13.5. The first kappa shape index (κ1) is 21.1. The van der Waals surface area contributed by atoms with Crippen LogP contribution in [-0.4, -0.2) is 15.7 Å². The van der Waals surface area contributed by atoms with E-state index < -0.39 is 29.2 Å². The van der Waals surface area contributed by atoms with Crippen LogP contribution in [-0.2, 0) is 6.61 Å². The Labute approximate surface area is 179 Å². The van der Waals surface area contributed by atoms with Gasteiger partial charge in [-0.3, -0.25) is 4.79 Å². The summed E-state index contributed by atoms with van der Waals surface area (Å²) < 4.78 is 60.0. The second-order valence-corrected chi connectivity index (χ2v) is 6.76. The molecule has 162 valence electrons. The standard InChI is InChI=1S/C23H15F4N3O2/c24-15-3-1-14(2-4-15)13-32-21-12-30(18-8-5-16(25)6-9-18)29-22(21)23(31)28-17-7-10-19(26)20(27)11-17/h1-12H,13H2,(H,28,31). The molecule has 0 saturated heterocycles. The Bertz CT molecular complexity index is 1260. The zero-order valence-electron chi connectivity index (χ0n) is 16.4. The van der Waals surface area contributed by atoms with Crippen LogP contribution in [0.5, 0.6) is 5.75 Å². The summed E-state index contributed by atoms with van der Waals surface area (Å²) in [5.41, 5.74) is 0.994. The zero-order chi connectivity index (χ0) is 22.7. The topological polar surface area (TPSA) is 56.2 Å². The lowest BCUT2D eigenvalue weighted by molar-refractivity contribution is 0.101. The van der Waals surface area contributed by atoms with Crippen molar-refractivity contribution in [3.8, 4) is 11.4 Å². The smallest absolute Gasteiger partial charge is 0.280 e. The lowest BCUT2D eigenvalue weighted by atomic mass is 10.2. The second kappa shape index (κ2) is 8.93. The van der Waals surface area contributed by atoms with Crippen LogP contribution in [0.3, 0.4) is 0 Å². The lowest BCUT2D eigenvalue weighted by Crippen LogP contribution is -2.15. The number of carbonyl (C=O) groups is 1. The first-order valence-corrected chi connectivity index (χ1v) is 9.38. The molecule has 0 unspecified atom stereocenters. The van der Waals surface area contributed by atoms with Crippen LogP contribution in [0.2, 0.25) is 0 Å². The Kier molecular flexibility index (Phi) is 5.89. The summed E-state index contributed by atoms with van der Waals surface area (Å²) in [6, 6.07) is 13.9. The Balaban J connectivity index is 1.62.